The van der Waals surface area contributed by atoms with E-state index >= 15 is 0 Å². The van der Waals surface area contributed by atoms with Crippen molar-refractivity contribution in [3.05, 3.63) is 33.6 Å². The Hall–Kier alpha value is -2.02. The maximum Gasteiger partial charge on any atom is 0.223 e. The molecule has 0 aromatic carbocycles. The zero-order valence-corrected chi connectivity index (χ0v) is 10.9. The zero-order valence-electron chi connectivity index (χ0n) is 10.1. The number of thiophene rings is 1. The molecule has 0 atom stereocenters. The van der Waals surface area contributed by atoms with Crippen molar-refractivity contribution in [3.8, 4) is 5.88 Å². The number of nitrogens with zero attached hydrogens (tertiary/aromatic N) is 3. The topological polar surface area (TPSA) is 85.7 Å². The first-order chi connectivity index (χ1) is 8.63. The van der Waals surface area contributed by atoms with E-state index in [2.05, 4.69) is 10.3 Å². The number of oxime groups is 1. The van der Waals surface area contributed by atoms with Gasteiger partial charge < -0.3 is 15.7 Å². The average molecular weight is 266 g/mol. The van der Waals surface area contributed by atoms with Gasteiger partial charge in [-0.15, -0.1) is 11.3 Å². The Morgan fingerprint density at radius 1 is 1.67 bits per heavy atom. The lowest BCUT2D eigenvalue weighted by atomic mass is 10.2. The third kappa shape index (κ3) is 2.30. The SMILES string of the molecule is Cc1nn(C)c(OCc2cccs2)c1C(N)=NO. The maximum absolute atomic E-state index is 8.77. The predicted molar refractivity (Wildman–Crippen MR) is 69.1 cm³/mol. The predicted octanol–water partition coefficient (Wildman–Crippen LogP) is 1.46. The third-order valence-electron chi connectivity index (χ3n) is 2.46. The molecule has 0 aliphatic rings. The van der Waals surface area contributed by atoms with E-state index in [1.165, 1.54) is 0 Å². The molecule has 2 rings (SSSR count). The van der Waals surface area contributed by atoms with Crippen LogP contribution in [0, 0.1) is 6.92 Å². The summed E-state index contributed by atoms with van der Waals surface area (Å²) in [6.45, 7) is 2.22. The second-order valence-electron chi connectivity index (χ2n) is 3.74. The quantitative estimate of drug-likeness (QED) is 0.380. The molecule has 7 heteroatoms. The molecule has 0 fully saturated rings. The Kier molecular flexibility index (Phi) is 3.52. The van der Waals surface area contributed by atoms with E-state index in [9.17, 15) is 0 Å². The number of aromatic nitrogens is 2. The number of aryl methyl sites for hydroxylation is 2. The number of amidine groups is 1. The Bertz CT molecular complexity index is 560. The fraction of sp³-hybridized carbons (Fsp3) is 0.273. The molecule has 0 spiro atoms. The number of rotatable bonds is 4. The molecular formula is C11H14N4O2S. The molecule has 6 nitrogen and oxygen atoms in total. The summed E-state index contributed by atoms with van der Waals surface area (Å²) < 4.78 is 7.27. The summed E-state index contributed by atoms with van der Waals surface area (Å²) in [6.07, 6.45) is 0. The highest BCUT2D eigenvalue weighted by atomic mass is 32.1. The zero-order chi connectivity index (χ0) is 13.1. The van der Waals surface area contributed by atoms with Crippen molar-refractivity contribution in [3.63, 3.8) is 0 Å². The second-order valence-corrected chi connectivity index (χ2v) is 4.77. The van der Waals surface area contributed by atoms with Crippen LogP contribution < -0.4 is 10.5 Å². The molecule has 2 heterocycles. The highest BCUT2D eigenvalue weighted by Crippen LogP contribution is 2.22. The number of nitrogens with two attached hydrogens (primary N) is 1. The highest BCUT2D eigenvalue weighted by Gasteiger charge is 2.18. The minimum Gasteiger partial charge on any atom is -0.472 e. The second kappa shape index (κ2) is 5.09. The molecule has 2 aromatic heterocycles. The summed E-state index contributed by atoms with van der Waals surface area (Å²) in [7, 11) is 1.75. The lowest BCUT2D eigenvalue weighted by Crippen LogP contribution is -2.15. The first-order valence-corrected chi connectivity index (χ1v) is 6.18. The lowest BCUT2D eigenvalue weighted by Gasteiger charge is -2.07. The summed E-state index contributed by atoms with van der Waals surface area (Å²) in [5, 5.41) is 18.0. The van der Waals surface area contributed by atoms with Crippen LogP contribution in [-0.4, -0.2) is 20.8 Å². The molecule has 18 heavy (non-hydrogen) atoms. The van der Waals surface area contributed by atoms with Gasteiger partial charge in [-0.05, 0) is 18.4 Å². The fourth-order valence-electron chi connectivity index (χ4n) is 1.68. The summed E-state index contributed by atoms with van der Waals surface area (Å²) in [6, 6.07) is 3.94. The van der Waals surface area contributed by atoms with Crippen LogP contribution in [0.15, 0.2) is 22.7 Å². The average Bonchev–Trinajstić information content (AvgIpc) is 2.94. The van der Waals surface area contributed by atoms with E-state index in [-0.39, 0.29) is 5.84 Å². The Morgan fingerprint density at radius 2 is 2.44 bits per heavy atom. The van der Waals surface area contributed by atoms with Gasteiger partial charge in [0.1, 0.15) is 12.2 Å². The van der Waals surface area contributed by atoms with Crippen molar-refractivity contribution in [2.24, 2.45) is 17.9 Å². The summed E-state index contributed by atoms with van der Waals surface area (Å²) in [4.78, 5) is 1.10. The largest absolute Gasteiger partial charge is 0.472 e. The minimum atomic E-state index is 0.00165. The van der Waals surface area contributed by atoms with E-state index in [0.29, 0.717) is 23.7 Å². The Morgan fingerprint density at radius 3 is 3.06 bits per heavy atom. The van der Waals surface area contributed by atoms with Gasteiger partial charge in [0.2, 0.25) is 5.88 Å². The molecule has 96 valence electrons. The summed E-state index contributed by atoms with van der Waals surface area (Å²) in [5.74, 6) is 0.498. The van der Waals surface area contributed by atoms with Crippen molar-refractivity contribution in [2.45, 2.75) is 13.5 Å². The van der Waals surface area contributed by atoms with Crippen LogP contribution in [0.4, 0.5) is 0 Å². The lowest BCUT2D eigenvalue weighted by molar-refractivity contribution is 0.280. The summed E-state index contributed by atoms with van der Waals surface area (Å²) in [5.41, 5.74) is 6.81. The minimum absolute atomic E-state index is 0.00165. The van der Waals surface area contributed by atoms with E-state index in [1.807, 2.05) is 17.5 Å². The molecule has 0 bridgehead atoms. The van der Waals surface area contributed by atoms with Gasteiger partial charge in [0.15, 0.2) is 5.84 Å². The molecule has 0 unspecified atom stereocenters. The van der Waals surface area contributed by atoms with Crippen LogP contribution in [0.3, 0.4) is 0 Å². The normalized spacial score (nSPS) is 11.8. The molecule has 2 aromatic rings. The van der Waals surface area contributed by atoms with Gasteiger partial charge in [-0.25, -0.2) is 4.68 Å². The van der Waals surface area contributed by atoms with Gasteiger partial charge in [0, 0.05) is 11.9 Å². The Labute approximate surface area is 108 Å². The monoisotopic (exact) mass is 266 g/mol. The molecular weight excluding hydrogens is 252 g/mol. The molecule has 0 radical (unpaired) electrons. The van der Waals surface area contributed by atoms with Crippen molar-refractivity contribution in [1.29, 1.82) is 0 Å². The van der Waals surface area contributed by atoms with Crippen LogP contribution in [0.5, 0.6) is 5.88 Å². The first kappa shape index (κ1) is 12.4. The number of hydrogen-bond acceptors (Lipinski definition) is 5. The molecule has 0 amide bonds. The van der Waals surface area contributed by atoms with Crippen LogP contribution in [0.25, 0.3) is 0 Å². The summed E-state index contributed by atoms with van der Waals surface area (Å²) >= 11 is 1.61. The first-order valence-electron chi connectivity index (χ1n) is 5.30. The maximum atomic E-state index is 8.77. The van der Waals surface area contributed by atoms with E-state index in [1.54, 1.807) is 30.0 Å². The van der Waals surface area contributed by atoms with Crippen LogP contribution in [-0.2, 0) is 13.7 Å². The van der Waals surface area contributed by atoms with Gasteiger partial charge >= 0.3 is 0 Å². The van der Waals surface area contributed by atoms with Crippen molar-refractivity contribution in [2.75, 3.05) is 0 Å². The van der Waals surface area contributed by atoms with Crippen LogP contribution in [0.2, 0.25) is 0 Å². The van der Waals surface area contributed by atoms with Gasteiger partial charge in [-0.1, -0.05) is 11.2 Å². The molecule has 3 N–H and O–H groups in total. The number of ether oxygens (including phenoxy) is 1. The van der Waals surface area contributed by atoms with Crippen LogP contribution >= 0.6 is 11.3 Å². The van der Waals surface area contributed by atoms with Gasteiger partial charge in [-0.3, -0.25) is 0 Å². The molecule has 0 aliphatic heterocycles. The van der Waals surface area contributed by atoms with Gasteiger partial charge in [0.05, 0.1) is 5.69 Å². The fourth-order valence-corrected chi connectivity index (χ4v) is 2.30. The molecule has 0 aliphatic carbocycles. The smallest absolute Gasteiger partial charge is 0.223 e. The highest BCUT2D eigenvalue weighted by molar-refractivity contribution is 7.09. The third-order valence-corrected chi connectivity index (χ3v) is 3.31. The van der Waals surface area contributed by atoms with Gasteiger partial charge in [-0.2, -0.15) is 5.10 Å². The van der Waals surface area contributed by atoms with E-state index < -0.39 is 0 Å². The Balaban J connectivity index is 2.26. The molecule has 0 saturated heterocycles. The number of hydrogen-bond donors (Lipinski definition) is 2. The molecule has 0 saturated carbocycles. The van der Waals surface area contributed by atoms with Gasteiger partial charge in [0.25, 0.3) is 0 Å². The van der Waals surface area contributed by atoms with Crippen molar-refractivity contribution in [1.82, 2.24) is 9.78 Å². The van der Waals surface area contributed by atoms with E-state index in [4.69, 9.17) is 15.7 Å². The van der Waals surface area contributed by atoms with Crippen LogP contribution in [0.1, 0.15) is 16.1 Å². The van der Waals surface area contributed by atoms with Crippen molar-refractivity contribution < 1.29 is 9.94 Å². The standard InChI is InChI=1S/C11H14N4O2S/c1-7-9(10(12)14-16)11(15(2)13-7)17-6-8-4-3-5-18-8/h3-5,16H,6H2,1-2H3,(H2,12,14). The van der Waals surface area contributed by atoms with E-state index in [0.717, 1.165) is 4.88 Å². The van der Waals surface area contributed by atoms with Crippen molar-refractivity contribution >= 4 is 17.2 Å².